The maximum atomic E-state index is 11.7. The Labute approximate surface area is 127 Å². The van der Waals surface area contributed by atoms with Crippen molar-refractivity contribution < 1.29 is 4.79 Å². The summed E-state index contributed by atoms with van der Waals surface area (Å²) in [6.07, 6.45) is 3.36. The lowest BCUT2D eigenvalue weighted by atomic mass is 10.1. The second-order valence-electron chi connectivity index (χ2n) is 4.59. The van der Waals surface area contributed by atoms with Gasteiger partial charge in [0.2, 0.25) is 5.91 Å². The number of rotatable bonds is 4. The summed E-state index contributed by atoms with van der Waals surface area (Å²) in [7, 11) is 0. The molecule has 2 aromatic rings. The fourth-order valence-corrected chi connectivity index (χ4v) is 1.96. The first kappa shape index (κ1) is 14.5. The lowest BCUT2D eigenvalue weighted by Crippen LogP contribution is -2.20. The van der Waals surface area contributed by atoms with Gasteiger partial charge in [0.15, 0.2) is 0 Å². The SMILES string of the molecule is Cc1ccc(CNC(=O)C=Cc2ccc(Br)cc2)cc1. The first-order valence-electron chi connectivity index (χ1n) is 6.40. The van der Waals surface area contributed by atoms with E-state index in [1.165, 1.54) is 5.56 Å². The minimum Gasteiger partial charge on any atom is -0.348 e. The molecule has 0 saturated heterocycles. The first-order chi connectivity index (χ1) is 9.63. The average Bonchev–Trinajstić information content (AvgIpc) is 2.46. The molecule has 102 valence electrons. The molecule has 0 atom stereocenters. The molecule has 3 heteroatoms. The summed E-state index contributed by atoms with van der Waals surface area (Å²) >= 11 is 3.38. The van der Waals surface area contributed by atoms with Crippen LogP contribution < -0.4 is 5.32 Å². The smallest absolute Gasteiger partial charge is 0.244 e. The van der Waals surface area contributed by atoms with Crippen LogP contribution in [0.15, 0.2) is 59.1 Å². The normalized spacial score (nSPS) is 10.7. The molecule has 0 spiro atoms. The summed E-state index contributed by atoms with van der Waals surface area (Å²) in [5, 5.41) is 2.87. The maximum absolute atomic E-state index is 11.7. The molecule has 2 rings (SSSR count). The average molecular weight is 330 g/mol. The summed E-state index contributed by atoms with van der Waals surface area (Å²) < 4.78 is 1.03. The lowest BCUT2D eigenvalue weighted by molar-refractivity contribution is -0.116. The highest BCUT2D eigenvalue weighted by atomic mass is 79.9. The van der Waals surface area contributed by atoms with Gasteiger partial charge in [0.05, 0.1) is 0 Å². The molecular weight excluding hydrogens is 314 g/mol. The Morgan fingerprint density at radius 1 is 1.10 bits per heavy atom. The van der Waals surface area contributed by atoms with Crippen molar-refractivity contribution in [1.29, 1.82) is 0 Å². The van der Waals surface area contributed by atoms with Gasteiger partial charge >= 0.3 is 0 Å². The minimum atomic E-state index is -0.0894. The van der Waals surface area contributed by atoms with Crippen LogP contribution >= 0.6 is 15.9 Å². The van der Waals surface area contributed by atoms with E-state index in [9.17, 15) is 4.79 Å². The highest BCUT2D eigenvalue weighted by molar-refractivity contribution is 9.10. The van der Waals surface area contributed by atoms with Gasteiger partial charge < -0.3 is 5.32 Å². The van der Waals surface area contributed by atoms with E-state index in [0.29, 0.717) is 6.54 Å². The monoisotopic (exact) mass is 329 g/mol. The third-order valence-electron chi connectivity index (χ3n) is 2.88. The van der Waals surface area contributed by atoms with E-state index in [1.807, 2.05) is 55.5 Å². The fourth-order valence-electron chi connectivity index (χ4n) is 1.70. The van der Waals surface area contributed by atoms with Crippen molar-refractivity contribution >= 4 is 27.9 Å². The highest BCUT2D eigenvalue weighted by Crippen LogP contribution is 2.11. The molecule has 0 radical (unpaired) electrons. The lowest BCUT2D eigenvalue weighted by Gasteiger charge is -2.03. The summed E-state index contributed by atoms with van der Waals surface area (Å²) in [5.41, 5.74) is 3.31. The number of carbonyl (C=O) groups is 1. The molecule has 1 N–H and O–H groups in total. The Bertz CT molecular complexity index is 600. The molecule has 0 unspecified atom stereocenters. The minimum absolute atomic E-state index is 0.0894. The summed E-state index contributed by atoms with van der Waals surface area (Å²) in [6.45, 7) is 2.59. The fraction of sp³-hybridized carbons (Fsp3) is 0.118. The van der Waals surface area contributed by atoms with E-state index in [4.69, 9.17) is 0 Å². The second kappa shape index (κ2) is 7.06. The Morgan fingerprint density at radius 3 is 2.40 bits per heavy atom. The van der Waals surface area contributed by atoms with Gasteiger partial charge in [-0.05, 0) is 36.3 Å². The van der Waals surface area contributed by atoms with Gasteiger partial charge in [0, 0.05) is 17.1 Å². The van der Waals surface area contributed by atoms with Gasteiger partial charge in [-0.2, -0.15) is 0 Å². The van der Waals surface area contributed by atoms with Crippen LogP contribution in [0.25, 0.3) is 6.08 Å². The van der Waals surface area contributed by atoms with Crippen molar-refractivity contribution in [1.82, 2.24) is 5.32 Å². The van der Waals surface area contributed by atoms with Gasteiger partial charge in [0.25, 0.3) is 0 Å². The molecular formula is C17H16BrNO. The van der Waals surface area contributed by atoms with Crippen LogP contribution in [0.1, 0.15) is 16.7 Å². The highest BCUT2D eigenvalue weighted by Gasteiger charge is 1.97. The molecule has 2 nitrogen and oxygen atoms in total. The molecule has 0 saturated carbocycles. The Balaban J connectivity index is 1.86. The van der Waals surface area contributed by atoms with Crippen LogP contribution in [0.4, 0.5) is 0 Å². The topological polar surface area (TPSA) is 29.1 Å². The van der Waals surface area contributed by atoms with Gasteiger partial charge in [0.1, 0.15) is 0 Å². The standard InChI is InChI=1S/C17H16BrNO/c1-13-2-4-15(5-3-13)12-19-17(20)11-8-14-6-9-16(18)10-7-14/h2-11H,12H2,1H3,(H,19,20). The van der Waals surface area contributed by atoms with E-state index in [2.05, 4.69) is 21.2 Å². The second-order valence-corrected chi connectivity index (χ2v) is 5.50. The Morgan fingerprint density at radius 2 is 1.75 bits per heavy atom. The number of amides is 1. The molecule has 1 amide bonds. The van der Waals surface area contributed by atoms with E-state index in [-0.39, 0.29) is 5.91 Å². The predicted molar refractivity (Wildman–Crippen MR) is 86.2 cm³/mol. The molecule has 0 heterocycles. The Hall–Kier alpha value is -1.87. The number of carbonyl (C=O) groups excluding carboxylic acids is 1. The zero-order chi connectivity index (χ0) is 14.4. The van der Waals surface area contributed by atoms with Crippen LogP contribution in [0, 0.1) is 6.92 Å². The third-order valence-corrected chi connectivity index (χ3v) is 3.41. The van der Waals surface area contributed by atoms with E-state index < -0.39 is 0 Å². The molecule has 0 bridgehead atoms. The summed E-state index contributed by atoms with van der Waals surface area (Å²) in [6, 6.07) is 15.9. The zero-order valence-electron chi connectivity index (χ0n) is 11.3. The van der Waals surface area contributed by atoms with Crippen LogP contribution in [-0.2, 0) is 11.3 Å². The van der Waals surface area contributed by atoms with E-state index in [0.717, 1.165) is 15.6 Å². The number of halogens is 1. The van der Waals surface area contributed by atoms with E-state index in [1.54, 1.807) is 12.2 Å². The molecule has 0 aliphatic rings. The van der Waals surface area contributed by atoms with Gasteiger partial charge in [-0.1, -0.05) is 57.9 Å². The molecule has 2 aromatic carbocycles. The van der Waals surface area contributed by atoms with Crippen molar-refractivity contribution in [3.05, 3.63) is 75.8 Å². The molecule has 0 fully saturated rings. The van der Waals surface area contributed by atoms with Crippen LogP contribution in [-0.4, -0.2) is 5.91 Å². The van der Waals surface area contributed by atoms with E-state index >= 15 is 0 Å². The number of aryl methyl sites for hydroxylation is 1. The largest absolute Gasteiger partial charge is 0.348 e. The summed E-state index contributed by atoms with van der Waals surface area (Å²) in [5.74, 6) is -0.0894. The van der Waals surface area contributed by atoms with Crippen molar-refractivity contribution in [2.45, 2.75) is 13.5 Å². The summed E-state index contributed by atoms with van der Waals surface area (Å²) in [4.78, 5) is 11.7. The van der Waals surface area contributed by atoms with Crippen molar-refractivity contribution in [2.75, 3.05) is 0 Å². The molecule has 0 aromatic heterocycles. The van der Waals surface area contributed by atoms with Crippen molar-refractivity contribution in [3.63, 3.8) is 0 Å². The predicted octanol–water partition coefficient (Wildman–Crippen LogP) is 4.09. The van der Waals surface area contributed by atoms with Crippen molar-refractivity contribution in [3.8, 4) is 0 Å². The maximum Gasteiger partial charge on any atom is 0.244 e. The number of hydrogen-bond donors (Lipinski definition) is 1. The number of benzene rings is 2. The van der Waals surface area contributed by atoms with Gasteiger partial charge in [-0.3, -0.25) is 4.79 Å². The van der Waals surface area contributed by atoms with Crippen molar-refractivity contribution in [2.24, 2.45) is 0 Å². The quantitative estimate of drug-likeness (QED) is 0.841. The first-order valence-corrected chi connectivity index (χ1v) is 7.20. The number of hydrogen-bond acceptors (Lipinski definition) is 1. The van der Waals surface area contributed by atoms with Gasteiger partial charge in [-0.25, -0.2) is 0 Å². The molecule has 0 aliphatic heterocycles. The Kier molecular flexibility index (Phi) is 5.13. The molecule has 20 heavy (non-hydrogen) atoms. The zero-order valence-corrected chi connectivity index (χ0v) is 12.9. The van der Waals surface area contributed by atoms with Gasteiger partial charge in [-0.15, -0.1) is 0 Å². The van der Waals surface area contributed by atoms with Crippen LogP contribution in [0.3, 0.4) is 0 Å². The third kappa shape index (κ3) is 4.67. The van der Waals surface area contributed by atoms with Crippen LogP contribution in [0.2, 0.25) is 0 Å². The number of nitrogens with one attached hydrogen (secondary N) is 1. The van der Waals surface area contributed by atoms with Crippen LogP contribution in [0.5, 0.6) is 0 Å². The molecule has 0 aliphatic carbocycles.